The Bertz CT molecular complexity index is 1490. The Kier molecular flexibility index (Phi) is 7.91. The molecule has 0 saturated carbocycles. The van der Waals surface area contributed by atoms with Crippen molar-refractivity contribution < 1.29 is 21.6 Å². The summed E-state index contributed by atoms with van der Waals surface area (Å²) in [4.78, 5) is 12.9. The van der Waals surface area contributed by atoms with E-state index in [4.69, 9.17) is 23.2 Å². The molecule has 3 aromatic carbocycles. The lowest BCUT2D eigenvalue weighted by Crippen LogP contribution is -2.35. The molecule has 190 valence electrons. The summed E-state index contributed by atoms with van der Waals surface area (Å²) in [5.74, 6) is -0.622. The van der Waals surface area contributed by atoms with E-state index in [1.165, 1.54) is 52.8 Å². The van der Waals surface area contributed by atoms with E-state index in [1.807, 2.05) is 0 Å². The SMILES string of the molecule is O=C(Nc1ccc(S(=O)(=O)Nc2cccc(Cl)c2)cc1)c1cc(S(=O)(=O)N2CCCCC2)ccc1Cl. The zero-order valence-corrected chi connectivity index (χ0v) is 22.1. The molecule has 1 aliphatic heterocycles. The third-order valence-corrected chi connectivity index (χ3v) is 9.49. The van der Waals surface area contributed by atoms with Crippen molar-refractivity contribution in [1.82, 2.24) is 4.31 Å². The van der Waals surface area contributed by atoms with Crippen LogP contribution in [-0.4, -0.2) is 40.1 Å². The molecule has 0 spiro atoms. The molecule has 36 heavy (non-hydrogen) atoms. The maximum atomic E-state index is 13.0. The van der Waals surface area contributed by atoms with E-state index < -0.39 is 26.0 Å². The van der Waals surface area contributed by atoms with Gasteiger partial charge < -0.3 is 5.32 Å². The minimum atomic E-state index is -3.88. The van der Waals surface area contributed by atoms with E-state index in [-0.39, 0.29) is 20.4 Å². The first-order valence-electron chi connectivity index (χ1n) is 11.1. The lowest BCUT2D eigenvalue weighted by atomic mass is 10.2. The quantitative estimate of drug-likeness (QED) is 0.406. The number of halogens is 2. The molecule has 12 heteroatoms. The zero-order valence-electron chi connectivity index (χ0n) is 18.9. The Balaban J connectivity index is 1.50. The molecule has 1 heterocycles. The predicted octanol–water partition coefficient (Wildman–Crippen LogP) is 5.22. The zero-order chi connectivity index (χ0) is 25.9. The van der Waals surface area contributed by atoms with Crippen LogP contribution in [0.4, 0.5) is 11.4 Å². The molecule has 1 aliphatic rings. The summed E-state index contributed by atoms with van der Waals surface area (Å²) in [5.41, 5.74) is 0.616. The molecule has 0 aromatic heterocycles. The molecule has 1 amide bonds. The minimum Gasteiger partial charge on any atom is -0.322 e. The summed E-state index contributed by atoms with van der Waals surface area (Å²) in [6.07, 6.45) is 2.57. The van der Waals surface area contributed by atoms with Crippen LogP contribution in [0.25, 0.3) is 0 Å². The fraction of sp³-hybridized carbons (Fsp3) is 0.208. The van der Waals surface area contributed by atoms with Crippen LogP contribution in [0.15, 0.2) is 76.5 Å². The first kappa shape index (κ1) is 26.4. The largest absolute Gasteiger partial charge is 0.322 e. The molecule has 4 rings (SSSR count). The van der Waals surface area contributed by atoms with Crippen LogP contribution in [0.1, 0.15) is 29.6 Å². The molecule has 0 atom stereocenters. The smallest absolute Gasteiger partial charge is 0.261 e. The molecule has 8 nitrogen and oxygen atoms in total. The first-order chi connectivity index (χ1) is 17.1. The van der Waals surface area contributed by atoms with E-state index in [2.05, 4.69) is 10.0 Å². The second-order valence-electron chi connectivity index (χ2n) is 8.20. The molecule has 0 aliphatic carbocycles. The summed E-state index contributed by atoms with van der Waals surface area (Å²) in [7, 11) is -7.63. The van der Waals surface area contributed by atoms with Gasteiger partial charge in [0.15, 0.2) is 0 Å². The van der Waals surface area contributed by atoms with E-state index in [0.717, 1.165) is 19.3 Å². The Labute approximate surface area is 220 Å². The lowest BCUT2D eigenvalue weighted by molar-refractivity contribution is 0.102. The number of rotatable bonds is 7. The van der Waals surface area contributed by atoms with Gasteiger partial charge in [-0.1, -0.05) is 35.7 Å². The van der Waals surface area contributed by atoms with Gasteiger partial charge in [0.05, 0.1) is 26.1 Å². The van der Waals surface area contributed by atoms with Crippen molar-refractivity contribution in [2.24, 2.45) is 0 Å². The number of carbonyl (C=O) groups excluding carboxylic acids is 1. The van der Waals surface area contributed by atoms with E-state index in [9.17, 15) is 21.6 Å². The molecular formula is C24H23Cl2N3O5S2. The second-order valence-corrected chi connectivity index (χ2v) is 12.7. The van der Waals surface area contributed by atoms with Crippen molar-refractivity contribution in [2.45, 2.75) is 29.1 Å². The maximum Gasteiger partial charge on any atom is 0.261 e. The number of anilines is 2. The van der Waals surface area contributed by atoms with Crippen LogP contribution in [0.5, 0.6) is 0 Å². The fourth-order valence-corrected chi connectivity index (χ4v) is 6.76. The second kappa shape index (κ2) is 10.8. The molecule has 0 unspecified atom stereocenters. The number of carbonyl (C=O) groups is 1. The summed E-state index contributed by atoms with van der Waals surface area (Å²) in [5, 5.41) is 3.11. The standard InChI is InChI=1S/C24H23Cl2N3O5S2/c25-17-5-4-6-19(15-17)28-35(31,32)20-9-7-18(8-10-20)27-24(30)22-16-21(11-12-23(22)26)36(33,34)29-13-2-1-3-14-29/h4-12,15-16,28H,1-3,13-14H2,(H,27,30). The van der Waals surface area contributed by atoms with Crippen molar-refractivity contribution in [2.75, 3.05) is 23.1 Å². The van der Waals surface area contributed by atoms with E-state index in [0.29, 0.717) is 29.5 Å². The highest BCUT2D eigenvalue weighted by Crippen LogP contribution is 2.26. The highest BCUT2D eigenvalue weighted by Gasteiger charge is 2.27. The van der Waals surface area contributed by atoms with E-state index in [1.54, 1.807) is 18.2 Å². The summed E-state index contributed by atoms with van der Waals surface area (Å²) < 4.78 is 55.1. The lowest BCUT2D eigenvalue weighted by Gasteiger charge is -2.26. The molecule has 1 saturated heterocycles. The topological polar surface area (TPSA) is 113 Å². The summed E-state index contributed by atoms with van der Waals surface area (Å²) in [6, 6.07) is 15.8. The van der Waals surface area contributed by atoms with Crippen LogP contribution >= 0.6 is 23.2 Å². The van der Waals surface area contributed by atoms with Crippen molar-refractivity contribution in [3.63, 3.8) is 0 Å². The Morgan fingerprint density at radius 2 is 1.44 bits per heavy atom. The predicted molar refractivity (Wildman–Crippen MR) is 141 cm³/mol. The third kappa shape index (κ3) is 6.01. The third-order valence-electron chi connectivity index (χ3n) is 5.63. The molecule has 2 N–H and O–H groups in total. The van der Waals surface area contributed by atoms with E-state index >= 15 is 0 Å². The van der Waals surface area contributed by atoms with Gasteiger partial charge in [-0.05, 0) is 73.5 Å². The highest BCUT2D eigenvalue weighted by molar-refractivity contribution is 7.92. The fourth-order valence-electron chi connectivity index (χ4n) is 3.78. The van der Waals surface area contributed by atoms with Gasteiger partial charge in [0, 0.05) is 23.8 Å². The van der Waals surface area contributed by atoms with Crippen LogP contribution in [0, 0.1) is 0 Å². The molecule has 0 bridgehead atoms. The number of sulfonamides is 2. The number of hydrogen-bond acceptors (Lipinski definition) is 5. The van der Waals surface area contributed by atoms with Crippen molar-refractivity contribution >= 4 is 60.5 Å². The van der Waals surface area contributed by atoms with Crippen LogP contribution in [0.3, 0.4) is 0 Å². The molecule has 3 aromatic rings. The summed E-state index contributed by atoms with van der Waals surface area (Å²) >= 11 is 12.1. The van der Waals surface area contributed by atoms with Gasteiger partial charge in [0.2, 0.25) is 10.0 Å². The number of benzene rings is 3. The van der Waals surface area contributed by atoms with Gasteiger partial charge in [-0.15, -0.1) is 0 Å². The number of nitrogens with zero attached hydrogens (tertiary/aromatic N) is 1. The van der Waals surface area contributed by atoms with Gasteiger partial charge in [-0.2, -0.15) is 4.31 Å². The number of hydrogen-bond donors (Lipinski definition) is 2. The molecule has 1 fully saturated rings. The van der Waals surface area contributed by atoms with Crippen molar-refractivity contribution in [1.29, 1.82) is 0 Å². The van der Waals surface area contributed by atoms with Crippen molar-refractivity contribution in [3.05, 3.63) is 82.3 Å². The van der Waals surface area contributed by atoms with Gasteiger partial charge in [0.1, 0.15) is 0 Å². The van der Waals surface area contributed by atoms with Crippen LogP contribution in [0.2, 0.25) is 10.0 Å². The van der Waals surface area contributed by atoms with Crippen LogP contribution < -0.4 is 10.0 Å². The van der Waals surface area contributed by atoms with Gasteiger partial charge in [-0.3, -0.25) is 9.52 Å². The number of nitrogens with one attached hydrogen (secondary N) is 2. The average molecular weight is 569 g/mol. The highest BCUT2D eigenvalue weighted by atomic mass is 35.5. The average Bonchev–Trinajstić information content (AvgIpc) is 2.85. The minimum absolute atomic E-state index is 0.00549. The Morgan fingerprint density at radius 1 is 0.778 bits per heavy atom. The molecule has 0 radical (unpaired) electrons. The van der Waals surface area contributed by atoms with Crippen molar-refractivity contribution in [3.8, 4) is 0 Å². The van der Waals surface area contributed by atoms with Gasteiger partial charge >= 0.3 is 0 Å². The number of amides is 1. The van der Waals surface area contributed by atoms with Gasteiger partial charge in [0.25, 0.3) is 15.9 Å². The van der Waals surface area contributed by atoms with Crippen LogP contribution in [-0.2, 0) is 20.0 Å². The van der Waals surface area contributed by atoms with Gasteiger partial charge in [-0.25, -0.2) is 16.8 Å². The monoisotopic (exact) mass is 567 g/mol. The Morgan fingerprint density at radius 3 is 2.11 bits per heavy atom. The Hall–Kier alpha value is -2.63. The molecular weight excluding hydrogens is 545 g/mol. The first-order valence-corrected chi connectivity index (χ1v) is 14.7. The normalized spacial score (nSPS) is 14.8. The summed E-state index contributed by atoms with van der Waals surface area (Å²) in [6.45, 7) is 0.877. The maximum absolute atomic E-state index is 13.0. The number of piperidine rings is 1.